The SMILES string of the molecule is CNC(C)c1ccc(NC(=O)N2CCOCC2C)cc1. The molecule has 1 fully saturated rings. The second kappa shape index (κ2) is 6.72. The van der Waals surface area contributed by atoms with Crippen LogP contribution in [0.25, 0.3) is 0 Å². The van der Waals surface area contributed by atoms with Gasteiger partial charge < -0.3 is 20.3 Å². The number of amides is 2. The van der Waals surface area contributed by atoms with Crippen molar-refractivity contribution in [2.75, 3.05) is 32.1 Å². The number of urea groups is 1. The zero-order chi connectivity index (χ0) is 14.5. The predicted octanol–water partition coefficient (Wildman–Crippen LogP) is 2.22. The molecule has 1 aromatic carbocycles. The third kappa shape index (κ3) is 3.49. The molecule has 1 heterocycles. The van der Waals surface area contributed by atoms with Gasteiger partial charge in [-0.15, -0.1) is 0 Å². The van der Waals surface area contributed by atoms with Crippen LogP contribution in [-0.4, -0.2) is 43.8 Å². The van der Waals surface area contributed by atoms with Gasteiger partial charge in [0.05, 0.1) is 19.3 Å². The van der Waals surface area contributed by atoms with Crippen molar-refractivity contribution in [2.24, 2.45) is 0 Å². The number of nitrogens with zero attached hydrogens (tertiary/aromatic N) is 1. The minimum atomic E-state index is -0.0600. The molecular formula is C15H23N3O2. The summed E-state index contributed by atoms with van der Waals surface area (Å²) >= 11 is 0. The molecule has 0 saturated carbocycles. The zero-order valence-corrected chi connectivity index (χ0v) is 12.3. The van der Waals surface area contributed by atoms with Gasteiger partial charge in [0.1, 0.15) is 0 Å². The number of benzene rings is 1. The molecule has 0 aliphatic carbocycles. The van der Waals surface area contributed by atoms with Gasteiger partial charge in [-0.1, -0.05) is 12.1 Å². The summed E-state index contributed by atoms with van der Waals surface area (Å²) in [4.78, 5) is 14.0. The van der Waals surface area contributed by atoms with E-state index in [0.29, 0.717) is 25.8 Å². The Morgan fingerprint density at radius 2 is 2.10 bits per heavy atom. The van der Waals surface area contributed by atoms with Crippen molar-refractivity contribution in [3.63, 3.8) is 0 Å². The first-order valence-corrected chi connectivity index (χ1v) is 7.04. The quantitative estimate of drug-likeness (QED) is 0.890. The van der Waals surface area contributed by atoms with Crippen molar-refractivity contribution in [2.45, 2.75) is 25.9 Å². The topological polar surface area (TPSA) is 53.6 Å². The fourth-order valence-electron chi connectivity index (χ4n) is 2.25. The minimum Gasteiger partial charge on any atom is -0.377 e. The molecule has 0 radical (unpaired) electrons. The molecule has 0 spiro atoms. The average molecular weight is 277 g/mol. The lowest BCUT2D eigenvalue weighted by molar-refractivity contribution is 0.0222. The maximum atomic E-state index is 12.2. The van der Waals surface area contributed by atoms with Crippen molar-refractivity contribution in [3.05, 3.63) is 29.8 Å². The molecule has 1 aliphatic rings. The summed E-state index contributed by atoms with van der Waals surface area (Å²) in [5.74, 6) is 0. The van der Waals surface area contributed by atoms with E-state index in [9.17, 15) is 4.79 Å². The highest BCUT2D eigenvalue weighted by atomic mass is 16.5. The van der Waals surface area contributed by atoms with E-state index in [-0.39, 0.29) is 12.1 Å². The molecular weight excluding hydrogens is 254 g/mol. The molecule has 1 saturated heterocycles. The number of hydrogen-bond acceptors (Lipinski definition) is 3. The van der Waals surface area contributed by atoms with Crippen molar-refractivity contribution in [3.8, 4) is 0 Å². The van der Waals surface area contributed by atoms with Crippen molar-refractivity contribution < 1.29 is 9.53 Å². The van der Waals surface area contributed by atoms with Crippen LogP contribution in [0.1, 0.15) is 25.5 Å². The summed E-state index contributed by atoms with van der Waals surface area (Å²) in [5.41, 5.74) is 2.02. The molecule has 1 aromatic rings. The van der Waals surface area contributed by atoms with Gasteiger partial charge in [-0.2, -0.15) is 0 Å². The second-order valence-corrected chi connectivity index (χ2v) is 5.18. The number of rotatable bonds is 3. The lowest BCUT2D eigenvalue weighted by Crippen LogP contribution is -2.48. The van der Waals surface area contributed by atoms with E-state index in [1.54, 1.807) is 0 Å². The second-order valence-electron chi connectivity index (χ2n) is 5.18. The van der Waals surface area contributed by atoms with Gasteiger partial charge in [0.25, 0.3) is 0 Å². The van der Waals surface area contributed by atoms with Crippen LogP contribution in [0.15, 0.2) is 24.3 Å². The van der Waals surface area contributed by atoms with Gasteiger partial charge in [0, 0.05) is 18.3 Å². The maximum absolute atomic E-state index is 12.2. The molecule has 0 bridgehead atoms. The van der Waals surface area contributed by atoms with Gasteiger partial charge in [0.15, 0.2) is 0 Å². The van der Waals surface area contributed by atoms with Gasteiger partial charge in [0.2, 0.25) is 0 Å². The van der Waals surface area contributed by atoms with Crippen LogP contribution >= 0.6 is 0 Å². The normalized spacial score (nSPS) is 20.6. The molecule has 2 amide bonds. The lowest BCUT2D eigenvalue weighted by atomic mass is 10.1. The fourth-order valence-corrected chi connectivity index (χ4v) is 2.25. The molecule has 5 nitrogen and oxygen atoms in total. The van der Waals surface area contributed by atoms with E-state index in [0.717, 1.165) is 5.69 Å². The molecule has 1 aliphatic heterocycles. The number of carbonyl (C=O) groups is 1. The highest BCUT2D eigenvalue weighted by molar-refractivity contribution is 5.89. The summed E-state index contributed by atoms with van der Waals surface area (Å²) in [6.07, 6.45) is 0. The third-order valence-electron chi connectivity index (χ3n) is 3.72. The average Bonchev–Trinajstić information content (AvgIpc) is 2.47. The molecule has 2 atom stereocenters. The number of carbonyl (C=O) groups excluding carboxylic acids is 1. The van der Waals surface area contributed by atoms with Crippen LogP contribution in [0, 0.1) is 0 Å². The van der Waals surface area contributed by atoms with Crippen LogP contribution in [0.3, 0.4) is 0 Å². The highest BCUT2D eigenvalue weighted by Gasteiger charge is 2.23. The number of morpholine rings is 1. The number of hydrogen-bond donors (Lipinski definition) is 2. The van der Waals surface area contributed by atoms with E-state index in [1.807, 2.05) is 43.1 Å². The van der Waals surface area contributed by atoms with E-state index in [2.05, 4.69) is 17.6 Å². The number of anilines is 1. The first-order chi connectivity index (χ1) is 9.61. The van der Waals surface area contributed by atoms with Crippen LogP contribution in [-0.2, 0) is 4.74 Å². The standard InChI is InChI=1S/C15H23N3O2/c1-11-10-20-9-8-18(11)15(19)17-14-6-4-13(5-7-14)12(2)16-3/h4-7,11-12,16H,8-10H2,1-3H3,(H,17,19). The van der Waals surface area contributed by atoms with Crippen LogP contribution in [0.4, 0.5) is 10.5 Å². The Morgan fingerprint density at radius 1 is 1.40 bits per heavy atom. The Labute approximate surface area is 120 Å². The molecule has 5 heteroatoms. The summed E-state index contributed by atoms with van der Waals surface area (Å²) in [6.45, 7) is 5.95. The van der Waals surface area contributed by atoms with E-state index in [4.69, 9.17) is 4.74 Å². The maximum Gasteiger partial charge on any atom is 0.322 e. The van der Waals surface area contributed by atoms with E-state index >= 15 is 0 Å². The Balaban J connectivity index is 1.97. The molecule has 2 unspecified atom stereocenters. The summed E-state index contributed by atoms with van der Waals surface area (Å²) in [5, 5.41) is 6.13. The Kier molecular flexibility index (Phi) is 4.98. The summed E-state index contributed by atoms with van der Waals surface area (Å²) in [7, 11) is 1.93. The lowest BCUT2D eigenvalue weighted by Gasteiger charge is -2.33. The first kappa shape index (κ1) is 14.8. The van der Waals surface area contributed by atoms with Crippen molar-refractivity contribution in [1.29, 1.82) is 0 Å². The third-order valence-corrected chi connectivity index (χ3v) is 3.72. The largest absolute Gasteiger partial charge is 0.377 e. The number of ether oxygens (including phenoxy) is 1. The van der Waals surface area contributed by atoms with Gasteiger partial charge >= 0.3 is 6.03 Å². The molecule has 2 N–H and O–H groups in total. The van der Waals surface area contributed by atoms with Crippen LogP contribution in [0.2, 0.25) is 0 Å². The van der Waals surface area contributed by atoms with E-state index in [1.165, 1.54) is 5.56 Å². The molecule has 2 rings (SSSR count). The fraction of sp³-hybridized carbons (Fsp3) is 0.533. The molecule has 110 valence electrons. The van der Waals surface area contributed by atoms with Crippen LogP contribution in [0.5, 0.6) is 0 Å². The van der Waals surface area contributed by atoms with Crippen molar-refractivity contribution in [1.82, 2.24) is 10.2 Å². The predicted molar refractivity (Wildman–Crippen MR) is 79.9 cm³/mol. The summed E-state index contributed by atoms with van der Waals surface area (Å²) in [6, 6.07) is 8.29. The van der Waals surface area contributed by atoms with E-state index < -0.39 is 0 Å². The highest BCUT2D eigenvalue weighted by Crippen LogP contribution is 2.16. The Morgan fingerprint density at radius 3 is 2.70 bits per heavy atom. The van der Waals surface area contributed by atoms with Gasteiger partial charge in [-0.05, 0) is 38.6 Å². The van der Waals surface area contributed by atoms with Crippen molar-refractivity contribution >= 4 is 11.7 Å². The monoisotopic (exact) mass is 277 g/mol. The van der Waals surface area contributed by atoms with Gasteiger partial charge in [-0.25, -0.2) is 4.79 Å². The van der Waals surface area contributed by atoms with Crippen LogP contribution < -0.4 is 10.6 Å². The van der Waals surface area contributed by atoms with Gasteiger partial charge in [-0.3, -0.25) is 0 Å². The number of nitrogens with one attached hydrogen (secondary N) is 2. The smallest absolute Gasteiger partial charge is 0.322 e. The Bertz CT molecular complexity index is 447. The first-order valence-electron chi connectivity index (χ1n) is 7.04. The Hall–Kier alpha value is -1.59. The molecule has 0 aromatic heterocycles. The summed E-state index contributed by atoms with van der Waals surface area (Å²) < 4.78 is 5.34. The molecule has 20 heavy (non-hydrogen) atoms. The minimum absolute atomic E-state index is 0.0600. The zero-order valence-electron chi connectivity index (χ0n) is 12.3.